The van der Waals surface area contributed by atoms with Gasteiger partial charge >= 0.3 is 0 Å². The third kappa shape index (κ3) is 3.05. The van der Waals surface area contributed by atoms with Gasteiger partial charge in [-0.15, -0.1) is 0 Å². The standard InChI is InChI=1S/C14H22O/c1-11(2)12-7-8-13(6-5-9-15)14(3,4)10-12/h7-11,13H,5-6H2,1-4H3. The van der Waals surface area contributed by atoms with Crippen LogP contribution < -0.4 is 0 Å². The molecular weight excluding hydrogens is 184 g/mol. The van der Waals surface area contributed by atoms with Crippen LogP contribution in [-0.2, 0) is 4.79 Å². The van der Waals surface area contributed by atoms with Crippen molar-refractivity contribution >= 4 is 6.29 Å². The van der Waals surface area contributed by atoms with E-state index in [9.17, 15) is 4.79 Å². The van der Waals surface area contributed by atoms with Crippen molar-refractivity contribution in [3.05, 3.63) is 23.8 Å². The fraction of sp³-hybridized carbons (Fsp3) is 0.643. The maximum atomic E-state index is 10.4. The minimum atomic E-state index is 0.192. The summed E-state index contributed by atoms with van der Waals surface area (Å²) in [7, 11) is 0. The number of aldehydes is 1. The van der Waals surface area contributed by atoms with Crippen LogP contribution in [0.4, 0.5) is 0 Å². The van der Waals surface area contributed by atoms with E-state index < -0.39 is 0 Å². The molecule has 0 saturated heterocycles. The lowest BCUT2D eigenvalue weighted by molar-refractivity contribution is -0.108. The quantitative estimate of drug-likeness (QED) is 0.640. The molecule has 0 aromatic carbocycles. The molecule has 15 heavy (non-hydrogen) atoms. The van der Waals surface area contributed by atoms with Crippen molar-refractivity contribution in [2.24, 2.45) is 17.3 Å². The van der Waals surface area contributed by atoms with Crippen LogP contribution in [0.1, 0.15) is 40.5 Å². The normalized spacial score (nSPS) is 24.1. The van der Waals surface area contributed by atoms with Gasteiger partial charge in [0.2, 0.25) is 0 Å². The smallest absolute Gasteiger partial charge is 0.120 e. The second-order valence-electron chi connectivity index (χ2n) is 5.33. The van der Waals surface area contributed by atoms with Gasteiger partial charge in [-0.05, 0) is 29.2 Å². The van der Waals surface area contributed by atoms with Crippen molar-refractivity contribution < 1.29 is 4.79 Å². The Morgan fingerprint density at radius 3 is 2.60 bits per heavy atom. The maximum Gasteiger partial charge on any atom is 0.120 e. The molecule has 0 spiro atoms. The van der Waals surface area contributed by atoms with Gasteiger partial charge in [0.25, 0.3) is 0 Å². The summed E-state index contributed by atoms with van der Waals surface area (Å²) < 4.78 is 0. The van der Waals surface area contributed by atoms with Crippen molar-refractivity contribution in [1.82, 2.24) is 0 Å². The van der Waals surface area contributed by atoms with Gasteiger partial charge in [-0.25, -0.2) is 0 Å². The molecule has 1 heteroatoms. The molecule has 1 aliphatic rings. The summed E-state index contributed by atoms with van der Waals surface area (Å²) in [4.78, 5) is 10.4. The third-order valence-corrected chi connectivity index (χ3v) is 3.28. The summed E-state index contributed by atoms with van der Waals surface area (Å²) in [6, 6.07) is 0. The predicted molar refractivity (Wildman–Crippen MR) is 64.6 cm³/mol. The van der Waals surface area contributed by atoms with Gasteiger partial charge in [0.1, 0.15) is 6.29 Å². The molecule has 1 aliphatic carbocycles. The number of hydrogen-bond donors (Lipinski definition) is 0. The Bertz CT molecular complexity index is 282. The second kappa shape index (κ2) is 4.78. The summed E-state index contributed by atoms with van der Waals surface area (Å²) in [5.74, 6) is 1.10. The molecule has 0 radical (unpaired) electrons. The van der Waals surface area contributed by atoms with E-state index in [2.05, 4.69) is 45.9 Å². The van der Waals surface area contributed by atoms with Crippen molar-refractivity contribution in [3.63, 3.8) is 0 Å². The highest BCUT2D eigenvalue weighted by Gasteiger charge is 2.28. The number of carbonyl (C=O) groups excluding carboxylic acids is 1. The Morgan fingerprint density at radius 1 is 1.47 bits per heavy atom. The van der Waals surface area contributed by atoms with E-state index in [0.717, 1.165) is 12.7 Å². The first-order valence-corrected chi connectivity index (χ1v) is 5.82. The van der Waals surface area contributed by atoms with Crippen LogP contribution in [0.15, 0.2) is 23.8 Å². The zero-order valence-electron chi connectivity index (χ0n) is 10.3. The zero-order chi connectivity index (χ0) is 11.5. The molecule has 84 valence electrons. The van der Waals surface area contributed by atoms with Crippen molar-refractivity contribution in [2.75, 3.05) is 0 Å². The second-order valence-corrected chi connectivity index (χ2v) is 5.33. The van der Waals surface area contributed by atoms with E-state index in [1.807, 2.05) is 0 Å². The molecule has 1 rings (SSSR count). The molecule has 1 nitrogen and oxygen atoms in total. The zero-order valence-corrected chi connectivity index (χ0v) is 10.3. The maximum absolute atomic E-state index is 10.4. The topological polar surface area (TPSA) is 17.1 Å². The van der Waals surface area contributed by atoms with E-state index in [-0.39, 0.29) is 5.41 Å². The van der Waals surface area contributed by atoms with Crippen LogP contribution in [0.3, 0.4) is 0 Å². The number of carbonyl (C=O) groups is 1. The molecule has 1 atom stereocenters. The average Bonchev–Trinajstić information content (AvgIpc) is 2.14. The molecule has 0 aromatic heterocycles. The summed E-state index contributed by atoms with van der Waals surface area (Å²) in [5.41, 5.74) is 1.61. The first-order valence-electron chi connectivity index (χ1n) is 5.82. The van der Waals surface area contributed by atoms with Crippen molar-refractivity contribution in [2.45, 2.75) is 40.5 Å². The Kier molecular flexibility index (Phi) is 3.90. The lowest BCUT2D eigenvalue weighted by Gasteiger charge is -2.34. The van der Waals surface area contributed by atoms with E-state index in [1.54, 1.807) is 0 Å². The first kappa shape index (κ1) is 12.2. The van der Waals surface area contributed by atoms with Crippen LogP contribution >= 0.6 is 0 Å². The molecule has 0 amide bonds. The average molecular weight is 206 g/mol. The number of allylic oxidation sites excluding steroid dienone is 4. The third-order valence-electron chi connectivity index (χ3n) is 3.28. The molecule has 0 fully saturated rings. The van der Waals surface area contributed by atoms with Gasteiger partial charge < -0.3 is 4.79 Å². The minimum Gasteiger partial charge on any atom is -0.303 e. The monoisotopic (exact) mass is 206 g/mol. The van der Waals surface area contributed by atoms with Crippen molar-refractivity contribution in [3.8, 4) is 0 Å². The largest absolute Gasteiger partial charge is 0.303 e. The molecule has 0 saturated carbocycles. The van der Waals surface area contributed by atoms with Gasteiger partial charge in [-0.3, -0.25) is 0 Å². The van der Waals surface area contributed by atoms with Crippen LogP contribution in [0.2, 0.25) is 0 Å². The van der Waals surface area contributed by atoms with Crippen molar-refractivity contribution in [1.29, 1.82) is 0 Å². The summed E-state index contributed by atoms with van der Waals surface area (Å²) in [6.45, 7) is 8.96. The summed E-state index contributed by atoms with van der Waals surface area (Å²) in [6.07, 6.45) is 9.53. The first-order chi connectivity index (χ1) is 6.97. The van der Waals surface area contributed by atoms with Crippen LogP contribution in [-0.4, -0.2) is 6.29 Å². The highest BCUT2D eigenvalue weighted by Crippen LogP contribution is 2.38. The fourth-order valence-electron chi connectivity index (χ4n) is 2.13. The minimum absolute atomic E-state index is 0.192. The van der Waals surface area contributed by atoms with Gasteiger partial charge in [0.05, 0.1) is 0 Å². The fourth-order valence-corrected chi connectivity index (χ4v) is 2.13. The predicted octanol–water partition coefficient (Wildman–Crippen LogP) is 3.76. The Labute approximate surface area is 93.3 Å². The number of hydrogen-bond acceptors (Lipinski definition) is 1. The molecular formula is C14H22O. The molecule has 0 N–H and O–H groups in total. The van der Waals surface area contributed by atoms with E-state index in [1.165, 1.54) is 5.57 Å². The lowest BCUT2D eigenvalue weighted by Crippen LogP contribution is -2.24. The molecule has 0 heterocycles. The van der Waals surface area contributed by atoms with Gasteiger partial charge in [0.15, 0.2) is 0 Å². The lowest BCUT2D eigenvalue weighted by atomic mass is 9.71. The Balaban J connectivity index is 2.75. The highest BCUT2D eigenvalue weighted by atomic mass is 16.1. The van der Waals surface area contributed by atoms with Gasteiger partial charge in [-0.2, -0.15) is 0 Å². The van der Waals surface area contributed by atoms with E-state index >= 15 is 0 Å². The molecule has 0 bridgehead atoms. The molecule has 1 unspecified atom stereocenters. The molecule has 0 aromatic rings. The van der Waals surface area contributed by atoms with Crippen LogP contribution in [0.25, 0.3) is 0 Å². The van der Waals surface area contributed by atoms with Gasteiger partial charge in [0, 0.05) is 6.42 Å². The SMILES string of the molecule is CC(C)C1=CC(C)(C)C(CCC=O)C=C1. The van der Waals surface area contributed by atoms with E-state index in [0.29, 0.717) is 18.3 Å². The van der Waals surface area contributed by atoms with E-state index in [4.69, 9.17) is 0 Å². The van der Waals surface area contributed by atoms with Gasteiger partial charge in [-0.1, -0.05) is 45.9 Å². The Hall–Kier alpha value is -0.850. The summed E-state index contributed by atoms with van der Waals surface area (Å²) in [5, 5.41) is 0. The highest BCUT2D eigenvalue weighted by molar-refractivity contribution is 5.49. The molecule has 0 aliphatic heterocycles. The Morgan fingerprint density at radius 2 is 2.13 bits per heavy atom. The number of rotatable bonds is 4. The van der Waals surface area contributed by atoms with Crippen LogP contribution in [0, 0.1) is 17.3 Å². The summed E-state index contributed by atoms with van der Waals surface area (Å²) >= 11 is 0. The van der Waals surface area contributed by atoms with Crippen LogP contribution in [0.5, 0.6) is 0 Å².